The molecule has 2 rings (SSSR count). The van der Waals surface area contributed by atoms with Crippen molar-refractivity contribution < 1.29 is 9.53 Å². The van der Waals surface area contributed by atoms with E-state index in [1.807, 2.05) is 33.8 Å². The zero-order valence-corrected chi connectivity index (χ0v) is 16.8. The van der Waals surface area contributed by atoms with E-state index in [-0.39, 0.29) is 6.09 Å². The Bertz CT molecular complexity index is 691. The Morgan fingerprint density at radius 1 is 1.24 bits per heavy atom. The van der Waals surface area contributed by atoms with E-state index in [4.69, 9.17) is 4.74 Å². The van der Waals surface area contributed by atoms with Gasteiger partial charge in [0.25, 0.3) is 0 Å². The molecule has 0 N–H and O–H groups in total. The van der Waals surface area contributed by atoms with Gasteiger partial charge in [-0.3, -0.25) is 0 Å². The van der Waals surface area contributed by atoms with Crippen LogP contribution >= 0.6 is 0 Å². The second-order valence-corrected chi connectivity index (χ2v) is 21.9. The molecule has 0 fully saturated rings. The van der Waals surface area contributed by atoms with Gasteiger partial charge >= 0.3 is 130 Å². The third-order valence-electron chi connectivity index (χ3n) is 3.26. The molecular formula is C16H24N2O2Sn. The van der Waals surface area contributed by atoms with Crippen LogP contribution in [0.4, 0.5) is 4.79 Å². The van der Waals surface area contributed by atoms with Crippen LogP contribution in [0.5, 0.6) is 0 Å². The number of rotatable bonds is 1. The Balaban J connectivity index is 2.57. The van der Waals surface area contributed by atoms with Gasteiger partial charge in [-0.25, -0.2) is 0 Å². The fourth-order valence-electron chi connectivity index (χ4n) is 2.20. The Hall–Kier alpha value is -1.04. The molecule has 0 unspecified atom stereocenters. The van der Waals surface area contributed by atoms with Crippen molar-refractivity contribution in [3.8, 4) is 0 Å². The van der Waals surface area contributed by atoms with Gasteiger partial charge in [-0.2, -0.15) is 0 Å². The van der Waals surface area contributed by atoms with Crippen molar-refractivity contribution >= 4 is 39.1 Å². The van der Waals surface area contributed by atoms with Crippen molar-refractivity contribution in [2.24, 2.45) is 0 Å². The third kappa shape index (κ3) is 3.59. The summed E-state index contributed by atoms with van der Waals surface area (Å²) < 4.78 is 8.46. The first-order valence-corrected chi connectivity index (χ1v) is 17.2. The van der Waals surface area contributed by atoms with Gasteiger partial charge in [-0.1, -0.05) is 0 Å². The SMILES string of the molecule is Cc1nc2cc[c]([Sn]([CH3])([CH3])[CH3])cc2n1C(=O)OC(C)(C)C. The number of ether oxygens (including phenoxy) is 1. The van der Waals surface area contributed by atoms with Gasteiger partial charge in [0.2, 0.25) is 0 Å². The molecule has 0 spiro atoms. The van der Waals surface area contributed by atoms with Gasteiger partial charge in [-0.15, -0.1) is 0 Å². The normalized spacial score (nSPS) is 12.7. The van der Waals surface area contributed by atoms with Gasteiger partial charge in [0.15, 0.2) is 0 Å². The number of hydrogen-bond donors (Lipinski definition) is 0. The molecule has 1 aromatic heterocycles. The minimum absolute atomic E-state index is 0.358. The van der Waals surface area contributed by atoms with E-state index in [9.17, 15) is 4.79 Å². The number of carbonyl (C=O) groups is 1. The number of imidazole rings is 1. The maximum absolute atomic E-state index is 12.4. The number of aromatic nitrogens is 2. The molecular weight excluding hydrogens is 371 g/mol. The van der Waals surface area contributed by atoms with Crippen LogP contribution in [-0.2, 0) is 4.74 Å². The van der Waals surface area contributed by atoms with E-state index in [1.54, 1.807) is 4.57 Å². The van der Waals surface area contributed by atoms with Gasteiger partial charge in [0.1, 0.15) is 0 Å². The summed E-state index contributed by atoms with van der Waals surface area (Å²) in [5.74, 6) is 0.667. The zero-order valence-electron chi connectivity index (χ0n) is 13.9. The number of nitrogens with zero attached hydrogens (tertiary/aromatic N) is 2. The summed E-state index contributed by atoms with van der Waals surface area (Å²) >= 11 is -2.19. The Morgan fingerprint density at radius 3 is 2.38 bits per heavy atom. The van der Waals surface area contributed by atoms with Crippen molar-refractivity contribution in [3.05, 3.63) is 24.0 Å². The Morgan fingerprint density at radius 2 is 1.86 bits per heavy atom. The van der Waals surface area contributed by atoms with Crippen molar-refractivity contribution in [1.29, 1.82) is 0 Å². The predicted molar refractivity (Wildman–Crippen MR) is 89.1 cm³/mol. The molecule has 0 radical (unpaired) electrons. The number of fused-ring (bicyclic) bond motifs is 1. The third-order valence-corrected chi connectivity index (χ3v) is 9.10. The van der Waals surface area contributed by atoms with E-state index in [1.165, 1.54) is 3.58 Å². The molecule has 4 nitrogen and oxygen atoms in total. The van der Waals surface area contributed by atoms with Crippen LogP contribution < -0.4 is 3.58 Å². The summed E-state index contributed by atoms with van der Waals surface area (Å²) in [6.07, 6.45) is -0.358. The summed E-state index contributed by atoms with van der Waals surface area (Å²) in [6.45, 7) is 7.45. The van der Waals surface area contributed by atoms with E-state index in [0.29, 0.717) is 5.82 Å². The quantitative estimate of drug-likeness (QED) is 0.693. The summed E-state index contributed by atoms with van der Waals surface area (Å²) in [6, 6.07) is 6.29. The average molecular weight is 395 g/mol. The number of aryl methyl sites for hydroxylation is 1. The zero-order chi connectivity index (χ0) is 16.0. The standard InChI is InChI=1S/C13H15N2O2.3CH3.Sn/c1-9-14-10-7-5-6-8-11(10)15(9)12(16)17-13(2,3)4;;;;/h5,7-8H,1-4H3;3*1H3;. The van der Waals surface area contributed by atoms with E-state index >= 15 is 0 Å². The molecule has 0 aliphatic carbocycles. The van der Waals surface area contributed by atoms with E-state index < -0.39 is 24.0 Å². The fourth-order valence-corrected chi connectivity index (χ4v) is 5.49. The Labute approximate surface area is 130 Å². The van der Waals surface area contributed by atoms with Crippen LogP contribution in [0.3, 0.4) is 0 Å². The van der Waals surface area contributed by atoms with Crippen molar-refractivity contribution in [2.45, 2.75) is 48.1 Å². The van der Waals surface area contributed by atoms with Crippen LogP contribution in [0.15, 0.2) is 18.2 Å². The monoisotopic (exact) mass is 396 g/mol. The van der Waals surface area contributed by atoms with Gasteiger partial charge in [0.05, 0.1) is 0 Å². The molecule has 0 amide bonds. The molecule has 1 heterocycles. The summed E-state index contributed by atoms with van der Waals surface area (Å²) in [4.78, 5) is 24.0. The average Bonchev–Trinajstić information content (AvgIpc) is 2.59. The van der Waals surface area contributed by atoms with Crippen LogP contribution in [-0.4, -0.2) is 39.6 Å². The molecule has 1 aromatic carbocycles. The first-order chi connectivity index (χ1) is 9.49. The molecule has 0 saturated heterocycles. The molecule has 2 aromatic rings. The van der Waals surface area contributed by atoms with Crippen molar-refractivity contribution in [2.75, 3.05) is 0 Å². The topological polar surface area (TPSA) is 44.1 Å². The first-order valence-electron chi connectivity index (χ1n) is 7.22. The molecule has 0 aliphatic heterocycles. The van der Waals surface area contributed by atoms with E-state index in [0.717, 1.165) is 11.0 Å². The number of hydrogen-bond acceptors (Lipinski definition) is 3. The van der Waals surface area contributed by atoms with Gasteiger partial charge in [0, 0.05) is 0 Å². The second kappa shape index (κ2) is 5.30. The molecule has 21 heavy (non-hydrogen) atoms. The van der Waals surface area contributed by atoms with Crippen LogP contribution in [0.25, 0.3) is 11.0 Å². The van der Waals surface area contributed by atoms with E-state index in [2.05, 4.69) is 31.9 Å². The van der Waals surface area contributed by atoms with Gasteiger partial charge < -0.3 is 0 Å². The maximum atomic E-state index is 12.4. The number of carbonyl (C=O) groups excluding carboxylic acids is 1. The van der Waals surface area contributed by atoms with Crippen molar-refractivity contribution in [3.63, 3.8) is 0 Å². The summed E-state index contributed by atoms with van der Waals surface area (Å²) in [5.41, 5.74) is 1.18. The van der Waals surface area contributed by atoms with Crippen LogP contribution in [0.2, 0.25) is 14.8 Å². The van der Waals surface area contributed by atoms with Crippen LogP contribution in [0.1, 0.15) is 26.6 Å². The molecule has 0 aliphatic rings. The molecule has 5 heteroatoms. The molecule has 0 saturated carbocycles. The molecule has 0 atom stereocenters. The second-order valence-electron chi connectivity index (χ2n) is 7.43. The first kappa shape index (κ1) is 16.3. The summed E-state index contributed by atoms with van der Waals surface area (Å²) in [7, 11) is 0. The molecule has 114 valence electrons. The van der Waals surface area contributed by atoms with Crippen molar-refractivity contribution in [1.82, 2.24) is 9.55 Å². The van der Waals surface area contributed by atoms with Gasteiger partial charge in [-0.05, 0) is 0 Å². The Kier molecular flexibility index (Phi) is 4.12. The minimum atomic E-state index is -2.19. The fraction of sp³-hybridized carbons (Fsp3) is 0.500. The predicted octanol–water partition coefficient (Wildman–Crippen LogP) is 3.67. The number of benzene rings is 1. The van der Waals surface area contributed by atoms with Crippen LogP contribution in [0, 0.1) is 6.92 Å². The summed E-state index contributed by atoms with van der Waals surface area (Å²) in [5, 5.41) is 0. The molecule has 0 bridgehead atoms.